The lowest BCUT2D eigenvalue weighted by Gasteiger charge is -2.08. The van der Waals surface area contributed by atoms with Crippen molar-refractivity contribution in [1.29, 1.82) is 0 Å². The van der Waals surface area contributed by atoms with Crippen LogP contribution in [0.5, 0.6) is 5.75 Å². The minimum atomic E-state index is -4.37. The molecule has 9 heteroatoms. The molecule has 0 amide bonds. The van der Waals surface area contributed by atoms with Gasteiger partial charge in [-0.15, -0.1) is 0 Å². The molecule has 136 valence electrons. The SMILES string of the molecule is FC(F)(F)c1ccc(-c2n[nH]c(CCOc3c(Cl)cccc3Cl)n2)cc1. The van der Waals surface area contributed by atoms with Crippen molar-refractivity contribution in [3.8, 4) is 17.1 Å². The van der Waals surface area contributed by atoms with E-state index < -0.39 is 11.7 Å². The van der Waals surface area contributed by atoms with Crippen LogP contribution in [-0.2, 0) is 12.6 Å². The molecular formula is C17H12Cl2F3N3O. The summed E-state index contributed by atoms with van der Waals surface area (Å²) in [5.41, 5.74) is -0.238. The maximum absolute atomic E-state index is 12.6. The van der Waals surface area contributed by atoms with E-state index in [1.54, 1.807) is 18.2 Å². The van der Waals surface area contributed by atoms with Crippen LogP contribution in [0.1, 0.15) is 11.4 Å². The average molecular weight is 402 g/mol. The largest absolute Gasteiger partial charge is 0.490 e. The number of nitrogens with zero attached hydrogens (tertiary/aromatic N) is 2. The molecule has 3 aromatic rings. The van der Waals surface area contributed by atoms with E-state index in [0.29, 0.717) is 39.4 Å². The highest BCUT2D eigenvalue weighted by Crippen LogP contribution is 2.32. The van der Waals surface area contributed by atoms with E-state index in [9.17, 15) is 13.2 Å². The van der Waals surface area contributed by atoms with Gasteiger partial charge in [0.25, 0.3) is 0 Å². The molecule has 0 bridgehead atoms. The number of rotatable bonds is 5. The van der Waals surface area contributed by atoms with Crippen molar-refractivity contribution in [3.05, 3.63) is 63.9 Å². The van der Waals surface area contributed by atoms with Crippen LogP contribution < -0.4 is 4.74 Å². The number of aromatic amines is 1. The van der Waals surface area contributed by atoms with Gasteiger partial charge in [-0.2, -0.15) is 18.3 Å². The summed E-state index contributed by atoms with van der Waals surface area (Å²) in [7, 11) is 0. The smallest absolute Gasteiger partial charge is 0.416 e. The molecule has 0 atom stereocenters. The summed E-state index contributed by atoms with van der Waals surface area (Å²) in [6, 6.07) is 9.69. The zero-order valence-electron chi connectivity index (χ0n) is 13.1. The Morgan fingerprint density at radius 2 is 1.65 bits per heavy atom. The minimum absolute atomic E-state index is 0.255. The van der Waals surface area contributed by atoms with Crippen LogP contribution in [0.15, 0.2) is 42.5 Å². The summed E-state index contributed by atoms with van der Waals surface area (Å²) in [5, 5.41) is 7.56. The number of ether oxygens (including phenoxy) is 1. The molecule has 2 aromatic carbocycles. The Morgan fingerprint density at radius 1 is 1.00 bits per heavy atom. The first-order chi connectivity index (χ1) is 12.3. The Bertz CT molecular complexity index is 875. The summed E-state index contributed by atoms with van der Waals surface area (Å²) < 4.78 is 43.3. The second-order valence-corrected chi connectivity index (χ2v) is 6.14. The number of benzene rings is 2. The Kier molecular flexibility index (Phi) is 5.38. The van der Waals surface area contributed by atoms with Gasteiger partial charge >= 0.3 is 6.18 Å². The van der Waals surface area contributed by atoms with Gasteiger partial charge in [0.1, 0.15) is 5.82 Å². The first-order valence-electron chi connectivity index (χ1n) is 7.50. The summed E-state index contributed by atoms with van der Waals surface area (Å²) in [6.45, 7) is 0.255. The van der Waals surface area contributed by atoms with Crippen molar-refractivity contribution in [1.82, 2.24) is 15.2 Å². The minimum Gasteiger partial charge on any atom is -0.490 e. The van der Waals surface area contributed by atoms with Crippen LogP contribution in [-0.4, -0.2) is 21.8 Å². The molecule has 1 N–H and O–H groups in total. The Morgan fingerprint density at radius 3 is 2.27 bits per heavy atom. The van der Waals surface area contributed by atoms with Crippen LogP contribution in [0.3, 0.4) is 0 Å². The van der Waals surface area contributed by atoms with Crippen molar-refractivity contribution < 1.29 is 17.9 Å². The predicted molar refractivity (Wildman–Crippen MR) is 92.5 cm³/mol. The number of hydrogen-bond donors (Lipinski definition) is 1. The quantitative estimate of drug-likeness (QED) is 0.620. The van der Waals surface area contributed by atoms with Crippen LogP contribution in [0, 0.1) is 0 Å². The molecular weight excluding hydrogens is 390 g/mol. The summed E-state index contributed by atoms with van der Waals surface area (Å²) in [4.78, 5) is 4.25. The van der Waals surface area contributed by atoms with Crippen molar-refractivity contribution in [2.75, 3.05) is 6.61 Å². The zero-order valence-corrected chi connectivity index (χ0v) is 14.7. The molecule has 1 aromatic heterocycles. The molecule has 26 heavy (non-hydrogen) atoms. The van der Waals surface area contributed by atoms with Crippen molar-refractivity contribution in [2.24, 2.45) is 0 Å². The van der Waals surface area contributed by atoms with Gasteiger partial charge in [0, 0.05) is 12.0 Å². The molecule has 0 fully saturated rings. The number of aromatic nitrogens is 3. The standard InChI is InChI=1S/C17H12Cl2F3N3O/c18-12-2-1-3-13(19)15(12)26-9-8-14-23-16(25-24-14)10-4-6-11(7-5-10)17(20,21)22/h1-7H,8-9H2,(H,23,24,25). The molecule has 1 heterocycles. The maximum Gasteiger partial charge on any atom is 0.416 e. The van der Waals surface area contributed by atoms with E-state index in [-0.39, 0.29) is 6.61 Å². The van der Waals surface area contributed by atoms with Crippen LogP contribution >= 0.6 is 23.2 Å². The van der Waals surface area contributed by atoms with Gasteiger partial charge in [0.05, 0.1) is 22.2 Å². The van der Waals surface area contributed by atoms with E-state index in [1.165, 1.54) is 12.1 Å². The highest BCUT2D eigenvalue weighted by Gasteiger charge is 2.30. The van der Waals surface area contributed by atoms with E-state index in [2.05, 4.69) is 15.2 Å². The van der Waals surface area contributed by atoms with Gasteiger partial charge in [-0.25, -0.2) is 4.98 Å². The molecule has 0 aliphatic rings. The fourth-order valence-corrected chi connectivity index (χ4v) is 2.72. The first kappa shape index (κ1) is 18.5. The van der Waals surface area contributed by atoms with E-state index >= 15 is 0 Å². The van der Waals surface area contributed by atoms with Crippen molar-refractivity contribution in [2.45, 2.75) is 12.6 Å². The normalized spacial score (nSPS) is 11.6. The Balaban J connectivity index is 1.63. The number of halogens is 5. The zero-order chi connectivity index (χ0) is 18.7. The van der Waals surface area contributed by atoms with Gasteiger partial charge < -0.3 is 4.74 Å². The van der Waals surface area contributed by atoms with E-state index in [1.807, 2.05) is 0 Å². The second kappa shape index (κ2) is 7.55. The number of H-pyrrole nitrogens is 1. The number of alkyl halides is 3. The van der Waals surface area contributed by atoms with Gasteiger partial charge in [-0.1, -0.05) is 41.4 Å². The second-order valence-electron chi connectivity index (χ2n) is 5.33. The monoisotopic (exact) mass is 401 g/mol. The topological polar surface area (TPSA) is 50.8 Å². The number of hydrogen-bond acceptors (Lipinski definition) is 3. The lowest BCUT2D eigenvalue weighted by atomic mass is 10.1. The molecule has 0 aliphatic heterocycles. The molecule has 0 radical (unpaired) electrons. The number of nitrogens with one attached hydrogen (secondary N) is 1. The molecule has 0 unspecified atom stereocenters. The lowest BCUT2D eigenvalue weighted by Crippen LogP contribution is -2.04. The average Bonchev–Trinajstić information content (AvgIpc) is 3.06. The lowest BCUT2D eigenvalue weighted by molar-refractivity contribution is -0.137. The summed E-state index contributed by atoms with van der Waals surface area (Å²) in [6.07, 6.45) is -3.98. The fourth-order valence-electron chi connectivity index (χ4n) is 2.21. The summed E-state index contributed by atoms with van der Waals surface area (Å²) in [5.74, 6) is 1.23. The molecule has 0 spiro atoms. The molecule has 4 nitrogen and oxygen atoms in total. The van der Waals surface area contributed by atoms with Crippen LogP contribution in [0.25, 0.3) is 11.4 Å². The summed E-state index contributed by atoms with van der Waals surface area (Å²) >= 11 is 12.0. The van der Waals surface area contributed by atoms with Gasteiger partial charge in [-0.3, -0.25) is 5.10 Å². The Labute approximate surface area is 156 Å². The van der Waals surface area contributed by atoms with Crippen LogP contribution in [0.4, 0.5) is 13.2 Å². The van der Waals surface area contributed by atoms with Gasteiger partial charge in [0.2, 0.25) is 0 Å². The van der Waals surface area contributed by atoms with Crippen molar-refractivity contribution in [3.63, 3.8) is 0 Å². The Hall–Kier alpha value is -2.25. The molecule has 3 rings (SSSR count). The highest BCUT2D eigenvalue weighted by molar-refractivity contribution is 6.37. The third kappa shape index (κ3) is 4.28. The van der Waals surface area contributed by atoms with Gasteiger partial charge in [0.15, 0.2) is 11.6 Å². The molecule has 0 saturated carbocycles. The molecule has 0 aliphatic carbocycles. The third-order valence-corrected chi connectivity index (χ3v) is 4.10. The predicted octanol–water partition coefficient (Wildman–Crippen LogP) is 5.42. The third-order valence-electron chi connectivity index (χ3n) is 3.51. The highest BCUT2D eigenvalue weighted by atomic mass is 35.5. The fraction of sp³-hybridized carbons (Fsp3) is 0.176. The van der Waals surface area contributed by atoms with Gasteiger partial charge in [-0.05, 0) is 24.3 Å². The van der Waals surface area contributed by atoms with Crippen LogP contribution in [0.2, 0.25) is 10.0 Å². The first-order valence-corrected chi connectivity index (χ1v) is 8.26. The molecule has 0 saturated heterocycles. The number of para-hydroxylation sites is 1. The van der Waals surface area contributed by atoms with E-state index in [4.69, 9.17) is 27.9 Å². The van der Waals surface area contributed by atoms with Crippen molar-refractivity contribution >= 4 is 23.2 Å². The maximum atomic E-state index is 12.6. The van der Waals surface area contributed by atoms with E-state index in [0.717, 1.165) is 12.1 Å².